The lowest BCUT2D eigenvalue weighted by molar-refractivity contribution is 0.601. The number of sulfone groups is 1. The minimum atomic E-state index is -2.99. The summed E-state index contributed by atoms with van der Waals surface area (Å²) in [5, 5.41) is 0.947. The molecule has 0 amide bonds. The highest BCUT2D eigenvalue weighted by Gasteiger charge is 2.10. The van der Waals surface area contributed by atoms with Crippen molar-refractivity contribution in [2.45, 2.75) is 5.75 Å². The molecular weight excluding hydrogens is 218 g/mol. The highest BCUT2D eigenvalue weighted by molar-refractivity contribution is 7.89. The van der Waals surface area contributed by atoms with E-state index in [1.165, 1.54) is 17.8 Å². The maximum atomic E-state index is 11.1. The van der Waals surface area contributed by atoms with E-state index in [1.807, 2.05) is 24.3 Å². The summed E-state index contributed by atoms with van der Waals surface area (Å²) in [6.07, 6.45) is 1.22. The van der Waals surface area contributed by atoms with Crippen LogP contribution in [-0.2, 0) is 15.6 Å². The van der Waals surface area contributed by atoms with Crippen LogP contribution in [0.1, 0.15) is 5.69 Å². The average Bonchev–Trinajstić information content (AvgIpc) is 2.47. The van der Waals surface area contributed by atoms with Gasteiger partial charge >= 0.3 is 0 Å². The molecule has 0 atom stereocenters. The molecule has 0 spiro atoms. The van der Waals surface area contributed by atoms with Gasteiger partial charge in [0, 0.05) is 11.6 Å². The van der Waals surface area contributed by atoms with Crippen molar-refractivity contribution in [3.8, 4) is 0 Å². The van der Waals surface area contributed by atoms with Gasteiger partial charge in [0.15, 0.2) is 9.84 Å². The number of benzene rings is 1. The standard InChI is InChI=1S/C9H9NO2S2/c1-14(11,12)6-8-7-4-2-3-5-9(7)13-10-8/h2-5H,6H2,1H3. The fourth-order valence-corrected chi connectivity index (χ4v) is 2.88. The zero-order chi connectivity index (χ0) is 10.2. The second-order valence-electron chi connectivity index (χ2n) is 3.20. The molecule has 3 nitrogen and oxygen atoms in total. The number of hydrogen-bond donors (Lipinski definition) is 0. The minimum Gasteiger partial charge on any atom is -0.229 e. The Balaban J connectivity index is 2.54. The fourth-order valence-electron chi connectivity index (χ4n) is 1.29. The van der Waals surface area contributed by atoms with Crippen molar-refractivity contribution in [1.29, 1.82) is 0 Å². The third-order valence-corrected chi connectivity index (χ3v) is 3.51. The van der Waals surface area contributed by atoms with E-state index in [1.54, 1.807) is 0 Å². The van der Waals surface area contributed by atoms with Crippen molar-refractivity contribution in [3.63, 3.8) is 0 Å². The van der Waals surface area contributed by atoms with Crippen molar-refractivity contribution >= 4 is 31.5 Å². The highest BCUT2D eigenvalue weighted by Crippen LogP contribution is 2.23. The Morgan fingerprint density at radius 2 is 2.07 bits per heavy atom. The van der Waals surface area contributed by atoms with Crippen LogP contribution >= 0.6 is 11.5 Å². The molecule has 0 aliphatic carbocycles. The lowest BCUT2D eigenvalue weighted by Gasteiger charge is -1.94. The fraction of sp³-hybridized carbons (Fsp3) is 0.222. The van der Waals surface area contributed by atoms with Crippen molar-refractivity contribution < 1.29 is 8.42 Å². The predicted octanol–water partition coefficient (Wildman–Crippen LogP) is 1.84. The molecule has 0 saturated heterocycles. The maximum absolute atomic E-state index is 11.1. The molecule has 0 fully saturated rings. The molecule has 0 N–H and O–H groups in total. The van der Waals surface area contributed by atoms with Gasteiger partial charge in [-0.2, -0.15) is 4.37 Å². The molecule has 1 aromatic heterocycles. The van der Waals surface area contributed by atoms with Crippen LogP contribution in [0.4, 0.5) is 0 Å². The first-order chi connectivity index (χ1) is 6.56. The number of nitrogens with zero attached hydrogens (tertiary/aromatic N) is 1. The van der Waals surface area contributed by atoms with Crippen molar-refractivity contribution in [2.24, 2.45) is 0 Å². The van der Waals surface area contributed by atoms with Gasteiger partial charge in [-0.05, 0) is 17.6 Å². The molecule has 14 heavy (non-hydrogen) atoms. The third-order valence-electron chi connectivity index (χ3n) is 1.85. The summed E-state index contributed by atoms with van der Waals surface area (Å²) in [4.78, 5) is 0. The van der Waals surface area contributed by atoms with Crippen LogP contribution in [0.2, 0.25) is 0 Å². The number of aromatic nitrogens is 1. The molecule has 0 aliphatic heterocycles. The zero-order valence-electron chi connectivity index (χ0n) is 7.60. The normalized spacial score (nSPS) is 12.1. The molecule has 0 saturated carbocycles. The predicted molar refractivity (Wildman–Crippen MR) is 58.2 cm³/mol. The van der Waals surface area contributed by atoms with E-state index < -0.39 is 9.84 Å². The van der Waals surface area contributed by atoms with Gasteiger partial charge in [-0.1, -0.05) is 18.2 Å². The Morgan fingerprint density at radius 3 is 2.79 bits per heavy atom. The van der Waals surface area contributed by atoms with Gasteiger partial charge in [-0.25, -0.2) is 8.42 Å². The summed E-state index contributed by atoms with van der Waals surface area (Å²) >= 11 is 1.34. The van der Waals surface area contributed by atoms with Gasteiger partial charge in [0.05, 0.1) is 16.1 Å². The quantitative estimate of drug-likeness (QED) is 0.786. The lowest BCUT2D eigenvalue weighted by Crippen LogP contribution is -2.00. The number of rotatable bonds is 2. The van der Waals surface area contributed by atoms with Crippen LogP contribution in [0.25, 0.3) is 10.1 Å². The van der Waals surface area contributed by atoms with Crippen LogP contribution in [-0.4, -0.2) is 19.0 Å². The van der Waals surface area contributed by atoms with Gasteiger partial charge in [0.2, 0.25) is 0 Å². The molecule has 0 aliphatic rings. The van der Waals surface area contributed by atoms with Crippen molar-refractivity contribution in [2.75, 3.05) is 6.26 Å². The second kappa shape index (κ2) is 3.33. The summed E-state index contributed by atoms with van der Waals surface area (Å²) in [6.45, 7) is 0. The monoisotopic (exact) mass is 227 g/mol. The molecule has 5 heteroatoms. The number of hydrogen-bond acceptors (Lipinski definition) is 4. The van der Waals surface area contributed by atoms with E-state index in [9.17, 15) is 8.42 Å². The Morgan fingerprint density at radius 1 is 1.36 bits per heavy atom. The van der Waals surface area contributed by atoms with Crippen LogP contribution in [0.5, 0.6) is 0 Å². The van der Waals surface area contributed by atoms with Crippen molar-refractivity contribution in [3.05, 3.63) is 30.0 Å². The Kier molecular flexibility index (Phi) is 2.28. The Bertz CT molecular complexity index is 557. The summed E-state index contributed by atoms with van der Waals surface area (Å²) in [5.74, 6) is 0.0248. The van der Waals surface area contributed by atoms with E-state index >= 15 is 0 Å². The van der Waals surface area contributed by atoms with Gasteiger partial charge in [-0.3, -0.25) is 0 Å². The Labute approximate surface area is 86.5 Å². The summed E-state index contributed by atoms with van der Waals surface area (Å²) < 4.78 is 27.4. The van der Waals surface area contributed by atoms with E-state index in [-0.39, 0.29) is 5.75 Å². The molecule has 0 unspecified atom stereocenters. The van der Waals surface area contributed by atoms with Crippen LogP contribution in [0.15, 0.2) is 24.3 Å². The first-order valence-corrected chi connectivity index (χ1v) is 6.91. The first kappa shape index (κ1) is 9.61. The lowest BCUT2D eigenvalue weighted by atomic mass is 10.2. The molecule has 2 aromatic rings. The van der Waals surface area contributed by atoms with E-state index in [0.29, 0.717) is 5.69 Å². The molecule has 74 valence electrons. The van der Waals surface area contributed by atoms with Gasteiger partial charge < -0.3 is 0 Å². The molecule has 0 bridgehead atoms. The third kappa shape index (κ3) is 1.93. The molecule has 2 rings (SSSR count). The highest BCUT2D eigenvalue weighted by atomic mass is 32.2. The largest absolute Gasteiger partial charge is 0.229 e. The van der Waals surface area contributed by atoms with E-state index in [4.69, 9.17) is 0 Å². The van der Waals surface area contributed by atoms with Gasteiger partial charge in [-0.15, -0.1) is 0 Å². The Hall–Kier alpha value is -0.940. The first-order valence-electron chi connectivity index (χ1n) is 4.07. The topological polar surface area (TPSA) is 47.0 Å². The smallest absolute Gasteiger partial charge is 0.153 e. The second-order valence-corrected chi connectivity index (χ2v) is 6.14. The molecule has 1 aromatic carbocycles. The molecule has 1 heterocycles. The average molecular weight is 227 g/mol. The van der Waals surface area contributed by atoms with Crippen molar-refractivity contribution in [1.82, 2.24) is 4.37 Å². The van der Waals surface area contributed by atoms with Gasteiger partial charge in [0.1, 0.15) is 0 Å². The summed E-state index contributed by atoms with van der Waals surface area (Å²) in [5.41, 5.74) is 0.660. The summed E-state index contributed by atoms with van der Waals surface area (Å²) in [6, 6.07) is 7.66. The van der Waals surface area contributed by atoms with Crippen LogP contribution in [0.3, 0.4) is 0 Å². The molecular formula is C9H9NO2S2. The minimum absolute atomic E-state index is 0.0248. The van der Waals surface area contributed by atoms with E-state index in [2.05, 4.69) is 4.37 Å². The SMILES string of the molecule is CS(=O)(=O)Cc1nsc2ccccc12. The zero-order valence-corrected chi connectivity index (χ0v) is 9.23. The van der Waals surface area contributed by atoms with Crippen LogP contribution < -0.4 is 0 Å². The van der Waals surface area contributed by atoms with Crippen LogP contribution in [0, 0.1) is 0 Å². The van der Waals surface area contributed by atoms with E-state index in [0.717, 1.165) is 10.1 Å². The van der Waals surface area contributed by atoms with Gasteiger partial charge in [0.25, 0.3) is 0 Å². The maximum Gasteiger partial charge on any atom is 0.153 e. The number of fused-ring (bicyclic) bond motifs is 1. The molecule has 0 radical (unpaired) electrons. The summed E-state index contributed by atoms with van der Waals surface area (Å²) in [7, 11) is -2.99.